The maximum atomic E-state index is 5.33. The van der Waals surface area contributed by atoms with Crippen molar-refractivity contribution in [3.63, 3.8) is 0 Å². The Morgan fingerprint density at radius 2 is 2.11 bits per heavy atom. The Balaban J connectivity index is 1.62. The Labute approximate surface area is 117 Å². The van der Waals surface area contributed by atoms with Crippen molar-refractivity contribution in [2.45, 2.75) is 45.4 Å². The van der Waals surface area contributed by atoms with E-state index in [-0.39, 0.29) is 0 Å². The number of hydrogen-bond acceptors (Lipinski definition) is 2. The second-order valence-corrected chi connectivity index (χ2v) is 5.89. The Hall–Kier alpha value is -0.770. The predicted octanol–water partition coefficient (Wildman–Crippen LogP) is 2.16. The zero-order chi connectivity index (χ0) is 13.6. The van der Waals surface area contributed by atoms with E-state index in [2.05, 4.69) is 15.6 Å². The highest BCUT2D eigenvalue weighted by molar-refractivity contribution is 5.79. The number of hydrogen-bond donors (Lipinski definition) is 2. The second-order valence-electron chi connectivity index (χ2n) is 5.89. The third-order valence-electron chi connectivity index (χ3n) is 4.59. The fourth-order valence-electron chi connectivity index (χ4n) is 3.06. The van der Waals surface area contributed by atoms with Gasteiger partial charge in [-0.3, -0.25) is 4.99 Å². The smallest absolute Gasteiger partial charge is 0.190 e. The van der Waals surface area contributed by atoms with Gasteiger partial charge in [-0.1, -0.05) is 6.42 Å². The van der Waals surface area contributed by atoms with E-state index in [0.29, 0.717) is 5.41 Å². The number of guanidine groups is 1. The Kier molecular flexibility index (Phi) is 5.49. The molecular weight excluding hydrogens is 238 g/mol. The summed E-state index contributed by atoms with van der Waals surface area (Å²) < 4.78 is 5.33. The second kappa shape index (κ2) is 7.13. The normalized spacial score (nSPS) is 21.9. The van der Waals surface area contributed by atoms with Gasteiger partial charge in [0.25, 0.3) is 0 Å². The minimum atomic E-state index is 0.600. The molecule has 0 spiro atoms. The van der Waals surface area contributed by atoms with Gasteiger partial charge in [0.05, 0.1) is 0 Å². The lowest BCUT2D eigenvalue weighted by Crippen LogP contribution is -2.47. The van der Waals surface area contributed by atoms with Crippen LogP contribution in [0.25, 0.3) is 0 Å². The first-order valence-electron chi connectivity index (χ1n) is 7.83. The van der Waals surface area contributed by atoms with Crippen molar-refractivity contribution in [1.82, 2.24) is 10.6 Å². The number of nitrogens with zero attached hydrogens (tertiary/aromatic N) is 1. The highest BCUT2D eigenvalue weighted by Crippen LogP contribution is 2.56. The molecule has 0 aliphatic heterocycles. The van der Waals surface area contributed by atoms with E-state index in [1.165, 1.54) is 32.1 Å². The van der Waals surface area contributed by atoms with Crippen LogP contribution < -0.4 is 10.6 Å². The number of rotatable bonds is 8. The van der Waals surface area contributed by atoms with Crippen molar-refractivity contribution in [1.29, 1.82) is 0 Å². The van der Waals surface area contributed by atoms with Gasteiger partial charge in [0.1, 0.15) is 0 Å². The first-order valence-corrected chi connectivity index (χ1v) is 7.83. The minimum absolute atomic E-state index is 0.600. The minimum Gasteiger partial charge on any atom is -0.382 e. The summed E-state index contributed by atoms with van der Waals surface area (Å²) in [6.45, 7) is 5.69. The first-order chi connectivity index (χ1) is 9.30. The highest BCUT2D eigenvalue weighted by atomic mass is 16.5. The summed E-state index contributed by atoms with van der Waals surface area (Å²) >= 11 is 0. The lowest BCUT2D eigenvalue weighted by Gasteiger charge is -2.43. The van der Waals surface area contributed by atoms with Gasteiger partial charge >= 0.3 is 0 Å². The largest absolute Gasteiger partial charge is 0.382 e. The molecular formula is C15H29N3O. The van der Waals surface area contributed by atoms with Crippen molar-refractivity contribution in [3.8, 4) is 0 Å². The van der Waals surface area contributed by atoms with Gasteiger partial charge in [-0.25, -0.2) is 0 Å². The molecule has 4 nitrogen and oxygen atoms in total. The van der Waals surface area contributed by atoms with E-state index in [1.807, 2.05) is 14.0 Å². The fraction of sp³-hybridized carbons (Fsp3) is 0.933. The molecule has 0 aromatic carbocycles. The molecule has 2 rings (SSSR count). The molecule has 0 atom stereocenters. The van der Waals surface area contributed by atoms with Crippen LogP contribution in [0.2, 0.25) is 0 Å². The summed E-state index contributed by atoms with van der Waals surface area (Å²) in [5, 5.41) is 6.89. The molecule has 110 valence electrons. The summed E-state index contributed by atoms with van der Waals surface area (Å²) in [6, 6.07) is 0. The molecule has 0 bridgehead atoms. The molecule has 0 heterocycles. The number of ether oxygens (including phenoxy) is 1. The molecule has 2 saturated carbocycles. The van der Waals surface area contributed by atoms with Gasteiger partial charge in [-0.05, 0) is 50.4 Å². The van der Waals surface area contributed by atoms with Crippen LogP contribution in [0.15, 0.2) is 4.99 Å². The lowest BCUT2D eigenvalue weighted by molar-refractivity contribution is 0.106. The summed E-state index contributed by atoms with van der Waals surface area (Å²) in [4.78, 5) is 4.30. The quantitative estimate of drug-likeness (QED) is 0.402. The molecule has 0 saturated heterocycles. The molecule has 2 aliphatic carbocycles. The van der Waals surface area contributed by atoms with Crippen molar-refractivity contribution in [2.24, 2.45) is 16.3 Å². The van der Waals surface area contributed by atoms with Crippen LogP contribution in [0.5, 0.6) is 0 Å². The summed E-state index contributed by atoms with van der Waals surface area (Å²) in [6.07, 6.45) is 8.16. The molecule has 0 radical (unpaired) electrons. The van der Waals surface area contributed by atoms with Crippen molar-refractivity contribution in [3.05, 3.63) is 0 Å². The standard InChI is InChI=1S/C15H29N3O/c1-3-19-11-5-10-17-14(16-2)18-12-15(8-4-9-15)13-6-7-13/h13H,3-12H2,1-2H3,(H2,16,17,18). The average Bonchev–Trinajstić information content (AvgIpc) is 3.19. The number of aliphatic imine (C=N–C) groups is 1. The summed E-state index contributed by atoms with van der Waals surface area (Å²) in [7, 11) is 1.85. The summed E-state index contributed by atoms with van der Waals surface area (Å²) in [5.41, 5.74) is 0.600. The maximum Gasteiger partial charge on any atom is 0.190 e. The van der Waals surface area contributed by atoms with Crippen LogP contribution in [0.4, 0.5) is 0 Å². The van der Waals surface area contributed by atoms with Gasteiger partial charge in [0.2, 0.25) is 0 Å². The van der Waals surface area contributed by atoms with E-state index < -0.39 is 0 Å². The van der Waals surface area contributed by atoms with Gasteiger partial charge in [0, 0.05) is 33.4 Å². The Morgan fingerprint density at radius 1 is 1.32 bits per heavy atom. The van der Waals surface area contributed by atoms with E-state index >= 15 is 0 Å². The zero-order valence-corrected chi connectivity index (χ0v) is 12.5. The maximum absolute atomic E-state index is 5.33. The van der Waals surface area contributed by atoms with Gasteiger partial charge in [0.15, 0.2) is 5.96 Å². The molecule has 0 aromatic rings. The highest BCUT2D eigenvalue weighted by Gasteiger charge is 2.48. The van der Waals surface area contributed by atoms with Crippen LogP contribution in [0, 0.1) is 11.3 Å². The van der Waals surface area contributed by atoms with Gasteiger partial charge in [-0.15, -0.1) is 0 Å². The van der Waals surface area contributed by atoms with Gasteiger partial charge < -0.3 is 15.4 Å². The monoisotopic (exact) mass is 267 g/mol. The first kappa shape index (κ1) is 14.6. The molecule has 0 unspecified atom stereocenters. The number of nitrogens with one attached hydrogen (secondary N) is 2. The van der Waals surface area contributed by atoms with Crippen LogP contribution in [-0.2, 0) is 4.74 Å². The van der Waals surface area contributed by atoms with Crippen LogP contribution in [0.1, 0.15) is 45.4 Å². The van der Waals surface area contributed by atoms with Crippen LogP contribution in [0.3, 0.4) is 0 Å². The SMILES string of the molecule is CCOCCCNC(=NC)NCC1(C2CC2)CCC1. The van der Waals surface area contributed by atoms with E-state index in [9.17, 15) is 0 Å². The molecule has 2 aliphatic rings. The van der Waals surface area contributed by atoms with Crippen molar-refractivity contribution >= 4 is 5.96 Å². The van der Waals surface area contributed by atoms with E-state index in [4.69, 9.17) is 4.74 Å². The van der Waals surface area contributed by atoms with Gasteiger partial charge in [-0.2, -0.15) is 0 Å². The van der Waals surface area contributed by atoms with E-state index in [1.54, 1.807) is 0 Å². The summed E-state index contributed by atoms with van der Waals surface area (Å²) in [5.74, 6) is 1.94. The third-order valence-corrected chi connectivity index (χ3v) is 4.59. The van der Waals surface area contributed by atoms with E-state index in [0.717, 1.165) is 44.6 Å². The van der Waals surface area contributed by atoms with Crippen LogP contribution >= 0.6 is 0 Å². The molecule has 19 heavy (non-hydrogen) atoms. The molecule has 2 N–H and O–H groups in total. The molecule has 4 heteroatoms. The fourth-order valence-corrected chi connectivity index (χ4v) is 3.06. The predicted molar refractivity (Wildman–Crippen MR) is 79.5 cm³/mol. The Morgan fingerprint density at radius 3 is 2.63 bits per heavy atom. The third kappa shape index (κ3) is 4.10. The lowest BCUT2D eigenvalue weighted by atomic mass is 9.65. The van der Waals surface area contributed by atoms with Crippen LogP contribution in [-0.4, -0.2) is 39.3 Å². The van der Waals surface area contributed by atoms with Crippen molar-refractivity contribution in [2.75, 3.05) is 33.4 Å². The molecule has 2 fully saturated rings. The average molecular weight is 267 g/mol. The molecule has 0 amide bonds. The topological polar surface area (TPSA) is 45.6 Å². The zero-order valence-electron chi connectivity index (χ0n) is 12.5. The van der Waals surface area contributed by atoms with Crippen molar-refractivity contribution < 1.29 is 4.74 Å². The molecule has 0 aromatic heterocycles. The Bertz CT molecular complexity index is 296.